The van der Waals surface area contributed by atoms with E-state index in [-0.39, 0.29) is 17.2 Å². The standard InChI is InChI=1S/C20H21N5O2S/c1-3-25-19(14-8-6-7-13(2)11-14)23-24-20(25)28-12-17(26)22-16-10-5-4-9-15(16)18(21)27/h4-11H,3,12H2,1-2H3,(H2,21,27)(H,22,26). The van der Waals surface area contributed by atoms with Crippen LogP contribution in [0.1, 0.15) is 22.8 Å². The van der Waals surface area contributed by atoms with E-state index in [1.54, 1.807) is 24.3 Å². The second-order valence-corrected chi connectivity index (χ2v) is 7.11. The summed E-state index contributed by atoms with van der Waals surface area (Å²) < 4.78 is 1.98. The molecule has 0 fully saturated rings. The number of amides is 2. The van der Waals surface area contributed by atoms with Gasteiger partial charge in [0, 0.05) is 12.1 Å². The number of hydrogen-bond donors (Lipinski definition) is 2. The number of hydrogen-bond acceptors (Lipinski definition) is 5. The molecule has 0 saturated carbocycles. The highest BCUT2D eigenvalue weighted by molar-refractivity contribution is 7.99. The second-order valence-electron chi connectivity index (χ2n) is 6.17. The zero-order valence-corrected chi connectivity index (χ0v) is 16.5. The molecule has 0 spiro atoms. The Morgan fingerprint density at radius 1 is 1.14 bits per heavy atom. The van der Waals surface area contributed by atoms with Crippen LogP contribution in [0.15, 0.2) is 53.7 Å². The highest BCUT2D eigenvalue weighted by Gasteiger charge is 2.16. The third kappa shape index (κ3) is 4.40. The Labute approximate surface area is 167 Å². The van der Waals surface area contributed by atoms with Crippen LogP contribution >= 0.6 is 11.8 Å². The minimum absolute atomic E-state index is 0.138. The molecule has 7 nitrogen and oxygen atoms in total. The van der Waals surface area contributed by atoms with Gasteiger partial charge >= 0.3 is 0 Å². The van der Waals surface area contributed by atoms with Gasteiger partial charge in [-0.25, -0.2) is 0 Å². The number of nitrogens with one attached hydrogen (secondary N) is 1. The molecule has 2 amide bonds. The molecule has 0 aliphatic carbocycles. The number of rotatable bonds is 7. The van der Waals surface area contributed by atoms with Crippen molar-refractivity contribution in [3.8, 4) is 11.4 Å². The molecule has 0 unspecified atom stereocenters. The Balaban J connectivity index is 1.71. The molecule has 2 aromatic carbocycles. The molecule has 0 radical (unpaired) electrons. The number of anilines is 1. The van der Waals surface area contributed by atoms with Crippen molar-refractivity contribution < 1.29 is 9.59 Å². The molecule has 0 bridgehead atoms. The van der Waals surface area contributed by atoms with Crippen molar-refractivity contribution in [3.63, 3.8) is 0 Å². The van der Waals surface area contributed by atoms with Gasteiger partial charge in [0.2, 0.25) is 5.91 Å². The molecule has 28 heavy (non-hydrogen) atoms. The van der Waals surface area contributed by atoms with E-state index in [2.05, 4.69) is 21.6 Å². The van der Waals surface area contributed by atoms with Crippen molar-refractivity contribution in [3.05, 3.63) is 59.7 Å². The van der Waals surface area contributed by atoms with Gasteiger partial charge in [0.05, 0.1) is 17.0 Å². The van der Waals surface area contributed by atoms with Crippen molar-refractivity contribution >= 4 is 29.3 Å². The fraction of sp³-hybridized carbons (Fsp3) is 0.200. The zero-order valence-electron chi connectivity index (χ0n) is 15.7. The number of carbonyl (C=O) groups is 2. The van der Waals surface area contributed by atoms with Gasteiger partial charge in [0.15, 0.2) is 11.0 Å². The van der Waals surface area contributed by atoms with E-state index in [0.717, 1.165) is 17.0 Å². The minimum atomic E-state index is -0.586. The third-order valence-electron chi connectivity index (χ3n) is 4.11. The predicted molar refractivity (Wildman–Crippen MR) is 110 cm³/mol. The first-order valence-corrected chi connectivity index (χ1v) is 9.80. The summed E-state index contributed by atoms with van der Waals surface area (Å²) in [6, 6.07) is 14.7. The number of aryl methyl sites for hydroxylation is 1. The van der Waals surface area contributed by atoms with Crippen LogP contribution in [-0.2, 0) is 11.3 Å². The van der Waals surface area contributed by atoms with Crippen molar-refractivity contribution in [1.29, 1.82) is 0 Å². The second kappa shape index (κ2) is 8.71. The summed E-state index contributed by atoms with van der Waals surface area (Å²) in [4.78, 5) is 23.8. The molecular formula is C20H21N5O2S. The number of thioether (sulfide) groups is 1. The van der Waals surface area contributed by atoms with E-state index in [0.29, 0.717) is 17.4 Å². The fourth-order valence-corrected chi connectivity index (χ4v) is 3.60. The molecule has 0 saturated heterocycles. The molecule has 0 aliphatic rings. The molecule has 1 aromatic heterocycles. The first-order valence-electron chi connectivity index (χ1n) is 8.81. The Hall–Kier alpha value is -3.13. The van der Waals surface area contributed by atoms with Gasteiger partial charge in [-0.3, -0.25) is 9.59 Å². The van der Waals surface area contributed by atoms with E-state index >= 15 is 0 Å². The van der Waals surface area contributed by atoms with Gasteiger partial charge in [-0.15, -0.1) is 10.2 Å². The quantitative estimate of drug-likeness (QED) is 0.599. The van der Waals surface area contributed by atoms with E-state index in [1.165, 1.54) is 11.8 Å². The van der Waals surface area contributed by atoms with Crippen LogP contribution in [0.4, 0.5) is 5.69 Å². The lowest BCUT2D eigenvalue weighted by Gasteiger charge is -2.09. The summed E-state index contributed by atoms with van der Waals surface area (Å²) in [5.41, 5.74) is 8.15. The summed E-state index contributed by atoms with van der Waals surface area (Å²) in [6.45, 7) is 4.72. The van der Waals surface area contributed by atoms with Crippen LogP contribution in [0.2, 0.25) is 0 Å². The maximum atomic E-state index is 12.3. The molecule has 3 rings (SSSR count). The Morgan fingerprint density at radius 2 is 1.93 bits per heavy atom. The maximum absolute atomic E-state index is 12.3. The first-order chi connectivity index (χ1) is 13.5. The summed E-state index contributed by atoms with van der Waals surface area (Å²) >= 11 is 1.29. The van der Waals surface area contributed by atoms with Crippen molar-refractivity contribution in [2.75, 3.05) is 11.1 Å². The van der Waals surface area contributed by atoms with Gasteiger partial charge in [0.25, 0.3) is 5.91 Å². The van der Waals surface area contributed by atoms with Gasteiger partial charge in [-0.2, -0.15) is 0 Å². The monoisotopic (exact) mass is 395 g/mol. The van der Waals surface area contributed by atoms with Crippen molar-refractivity contribution in [2.24, 2.45) is 5.73 Å². The molecule has 144 valence electrons. The largest absolute Gasteiger partial charge is 0.366 e. The number of aromatic nitrogens is 3. The molecule has 8 heteroatoms. The van der Waals surface area contributed by atoms with E-state index in [9.17, 15) is 9.59 Å². The van der Waals surface area contributed by atoms with Crippen LogP contribution in [0.3, 0.4) is 0 Å². The van der Waals surface area contributed by atoms with Crippen LogP contribution in [0.25, 0.3) is 11.4 Å². The number of nitrogens with zero attached hydrogens (tertiary/aromatic N) is 3. The lowest BCUT2D eigenvalue weighted by Crippen LogP contribution is -2.19. The first kappa shape index (κ1) is 19.6. The lowest BCUT2D eigenvalue weighted by atomic mass is 10.1. The average molecular weight is 395 g/mol. The fourth-order valence-electron chi connectivity index (χ4n) is 2.80. The summed E-state index contributed by atoms with van der Waals surface area (Å²) in [6.07, 6.45) is 0. The van der Waals surface area contributed by atoms with E-state index < -0.39 is 5.91 Å². The Bertz CT molecular complexity index is 1020. The number of carbonyl (C=O) groups excluding carboxylic acids is 2. The summed E-state index contributed by atoms with van der Waals surface area (Å²) in [7, 11) is 0. The Kier molecular flexibility index (Phi) is 6.10. The van der Waals surface area contributed by atoms with Gasteiger partial charge in [0.1, 0.15) is 0 Å². The minimum Gasteiger partial charge on any atom is -0.366 e. The molecule has 0 aliphatic heterocycles. The SMILES string of the molecule is CCn1c(SCC(=O)Nc2ccccc2C(N)=O)nnc1-c1cccc(C)c1. The van der Waals surface area contributed by atoms with Crippen molar-refractivity contribution in [1.82, 2.24) is 14.8 Å². The molecule has 3 N–H and O–H groups in total. The van der Waals surface area contributed by atoms with Crippen LogP contribution in [0.5, 0.6) is 0 Å². The van der Waals surface area contributed by atoms with Crippen LogP contribution in [-0.4, -0.2) is 32.3 Å². The van der Waals surface area contributed by atoms with Crippen molar-refractivity contribution in [2.45, 2.75) is 25.5 Å². The Morgan fingerprint density at radius 3 is 2.64 bits per heavy atom. The third-order valence-corrected chi connectivity index (χ3v) is 5.08. The topological polar surface area (TPSA) is 103 Å². The number of primary amides is 1. The number of benzene rings is 2. The zero-order chi connectivity index (χ0) is 20.1. The molecule has 3 aromatic rings. The lowest BCUT2D eigenvalue weighted by molar-refractivity contribution is -0.113. The van der Waals surface area contributed by atoms with Gasteiger partial charge < -0.3 is 15.6 Å². The normalized spacial score (nSPS) is 10.6. The van der Waals surface area contributed by atoms with E-state index in [1.807, 2.05) is 36.6 Å². The summed E-state index contributed by atoms with van der Waals surface area (Å²) in [5.74, 6) is 0.0747. The highest BCUT2D eigenvalue weighted by Crippen LogP contribution is 2.25. The van der Waals surface area contributed by atoms with Gasteiger partial charge in [-0.05, 0) is 32.0 Å². The van der Waals surface area contributed by atoms with Crippen LogP contribution in [0, 0.1) is 6.92 Å². The van der Waals surface area contributed by atoms with E-state index in [4.69, 9.17) is 5.73 Å². The smallest absolute Gasteiger partial charge is 0.250 e. The number of nitrogens with two attached hydrogens (primary N) is 1. The average Bonchev–Trinajstić information content (AvgIpc) is 3.09. The maximum Gasteiger partial charge on any atom is 0.250 e. The molecule has 1 heterocycles. The van der Waals surface area contributed by atoms with Gasteiger partial charge in [-0.1, -0.05) is 47.7 Å². The molecule has 0 atom stereocenters. The number of para-hydroxylation sites is 1. The van der Waals surface area contributed by atoms with Crippen LogP contribution < -0.4 is 11.1 Å². The highest BCUT2D eigenvalue weighted by atomic mass is 32.2. The predicted octanol–water partition coefficient (Wildman–Crippen LogP) is 3.10. The molecular weight excluding hydrogens is 374 g/mol. The summed E-state index contributed by atoms with van der Waals surface area (Å²) in [5, 5.41) is 11.9.